The Labute approximate surface area is 203 Å². The zero-order chi connectivity index (χ0) is 25.1. The van der Waals surface area contributed by atoms with Gasteiger partial charge < -0.3 is 16.2 Å². The Morgan fingerprint density at radius 2 is 1.72 bits per heavy atom. The van der Waals surface area contributed by atoms with Crippen LogP contribution in [-0.2, 0) is 0 Å². The van der Waals surface area contributed by atoms with Gasteiger partial charge in [0.25, 0.3) is 17.8 Å². The number of pyridine rings is 1. The van der Waals surface area contributed by atoms with Crippen molar-refractivity contribution in [3.8, 4) is 11.7 Å². The van der Waals surface area contributed by atoms with Crippen molar-refractivity contribution in [1.29, 1.82) is 0 Å². The molecular weight excluding hydrogens is 462 g/mol. The van der Waals surface area contributed by atoms with Crippen molar-refractivity contribution in [2.45, 2.75) is 0 Å². The molecule has 12 heteroatoms. The lowest BCUT2D eigenvalue weighted by molar-refractivity contribution is 0.0998. The van der Waals surface area contributed by atoms with Crippen molar-refractivity contribution < 1.29 is 14.7 Å². The van der Waals surface area contributed by atoms with Gasteiger partial charge in [-0.15, -0.1) is 15.3 Å². The van der Waals surface area contributed by atoms with E-state index in [-0.39, 0.29) is 28.6 Å². The number of amides is 2. The van der Waals surface area contributed by atoms with E-state index in [1.165, 1.54) is 35.7 Å². The highest BCUT2D eigenvalue weighted by Gasteiger charge is 2.21. The highest BCUT2D eigenvalue weighted by atomic mass is 16.3. The van der Waals surface area contributed by atoms with Crippen LogP contribution in [0.2, 0.25) is 0 Å². The molecule has 0 aliphatic heterocycles. The average Bonchev–Trinajstić information content (AvgIpc) is 3.33. The van der Waals surface area contributed by atoms with Crippen molar-refractivity contribution in [1.82, 2.24) is 24.7 Å². The first-order valence-corrected chi connectivity index (χ1v) is 10.6. The second-order valence-electron chi connectivity index (χ2n) is 7.45. The van der Waals surface area contributed by atoms with Crippen molar-refractivity contribution >= 4 is 39.8 Å². The normalized spacial score (nSPS) is 11.1. The molecule has 0 fully saturated rings. The summed E-state index contributed by atoms with van der Waals surface area (Å²) in [6.45, 7) is 0. The lowest BCUT2D eigenvalue weighted by Gasteiger charge is -2.11. The number of nitrogens with zero attached hydrogens (tertiary/aromatic N) is 7. The summed E-state index contributed by atoms with van der Waals surface area (Å²) in [6, 6.07) is 13.5. The SMILES string of the molecule is NC(=O)c1cn(-c2ncccn2)nc1N=Nc1cc2ccccc2c(C(=O)Nc2ccncc2)c1O. The largest absolute Gasteiger partial charge is 0.505 e. The van der Waals surface area contributed by atoms with Crippen LogP contribution in [0.5, 0.6) is 5.75 Å². The number of benzene rings is 2. The van der Waals surface area contributed by atoms with Crippen molar-refractivity contribution in [3.63, 3.8) is 0 Å². The van der Waals surface area contributed by atoms with Crippen LogP contribution >= 0.6 is 0 Å². The minimum Gasteiger partial charge on any atom is -0.505 e. The summed E-state index contributed by atoms with van der Waals surface area (Å²) < 4.78 is 1.24. The van der Waals surface area contributed by atoms with Crippen LogP contribution in [0.3, 0.4) is 0 Å². The van der Waals surface area contributed by atoms with Gasteiger partial charge in [0.1, 0.15) is 11.3 Å². The molecule has 2 amide bonds. The zero-order valence-electron chi connectivity index (χ0n) is 18.5. The van der Waals surface area contributed by atoms with Gasteiger partial charge in [0.05, 0.1) is 5.56 Å². The van der Waals surface area contributed by atoms with Crippen LogP contribution < -0.4 is 11.1 Å². The highest BCUT2D eigenvalue weighted by Crippen LogP contribution is 2.38. The molecule has 3 aromatic heterocycles. The fraction of sp³-hybridized carbons (Fsp3) is 0. The second kappa shape index (κ2) is 9.38. The van der Waals surface area contributed by atoms with E-state index in [0.717, 1.165) is 0 Å². The Morgan fingerprint density at radius 1 is 0.972 bits per heavy atom. The minimum atomic E-state index is -0.786. The number of anilines is 1. The number of hydrogen-bond acceptors (Lipinski definition) is 9. The highest BCUT2D eigenvalue weighted by molar-refractivity contribution is 6.16. The van der Waals surface area contributed by atoms with Gasteiger partial charge >= 0.3 is 0 Å². The fourth-order valence-corrected chi connectivity index (χ4v) is 3.48. The molecule has 0 bridgehead atoms. The molecule has 0 aliphatic rings. The van der Waals surface area contributed by atoms with Gasteiger partial charge in [0.2, 0.25) is 5.82 Å². The number of azo groups is 1. The number of aromatic hydroxyl groups is 1. The molecule has 176 valence electrons. The molecule has 5 rings (SSSR count). The molecule has 4 N–H and O–H groups in total. The van der Waals surface area contributed by atoms with Gasteiger partial charge in [0, 0.05) is 36.7 Å². The van der Waals surface area contributed by atoms with E-state index >= 15 is 0 Å². The van der Waals surface area contributed by atoms with Crippen molar-refractivity contribution in [2.24, 2.45) is 16.0 Å². The number of hydrogen-bond donors (Lipinski definition) is 3. The van der Waals surface area contributed by atoms with Crippen LogP contribution in [0.15, 0.2) is 89.7 Å². The first-order chi connectivity index (χ1) is 17.5. The zero-order valence-corrected chi connectivity index (χ0v) is 18.5. The lowest BCUT2D eigenvalue weighted by atomic mass is 10.0. The van der Waals surface area contributed by atoms with Crippen LogP contribution in [0.25, 0.3) is 16.7 Å². The molecule has 0 aliphatic carbocycles. The number of carbonyl (C=O) groups excluding carboxylic acids is 2. The Bertz CT molecular complexity index is 1620. The molecule has 36 heavy (non-hydrogen) atoms. The molecular formula is C24H17N9O3. The quantitative estimate of drug-likeness (QED) is 0.311. The van der Waals surface area contributed by atoms with Crippen molar-refractivity contribution in [2.75, 3.05) is 5.32 Å². The molecule has 0 unspecified atom stereocenters. The van der Waals surface area contributed by atoms with Crippen molar-refractivity contribution in [3.05, 3.63) is 90.6 Å². The molecule has 0 saturated carbocycles. The monoisotopic (exact) mass is 479 g/mol. The van der Waals surface area contributed by atoms with E-state index in [4.69, 9.17) is 5.73 Å². The molecule has 3 heterocycles. The third-order valence-corrected chi connectivity index (χ3v) is 5.14. The fourth-order valence-electron chi connectivity index (χ4n) is 3.48. The summed E-state index contributed by atoms with van der Waals surface area (Å²) in [6.07, 6.45) is 7.43. The topological polar surface area (TPSA) is 174 Å². The van der Waals surface area contributed by atoms with Crippen LogP contribution in [0.1, 0.15) is 20.7 Å². The number of phenols is 1. The first kappa shape index (κ1) is 22.3. The number of carbonyl (C=O) groups is 2. The summed E-state index contributed by atoms with van der Waals surface area (Å²) in [5.74, 6) is -1.63. The Morgan fingerprint density at radius 3 is 2.47 bits per heavy atom. The number of aromatic nitrogens is 5. The van der Waals surface area contributed by atoms with Gasteiger partial charge in [-0.3, -0.25) is 14.6 Å². The Kier molecular flexibility index (Phi) is 5.81. The predicted octanol–water partition coefficient (Wildman–Crippen LogP) is 3.68. The first-order valence-electron chi connectivity index (χ1n) is 10.6. The third kappa shape index (κ3) is 4.33. The molecule has 0 atom stereocenters. The predicted molar refractivity (Wildman–Crippen MR) is 130 cm³/mol. The van der Waals surface area contributed by atoms with Crippen LogP contribution in [0.4, 0.5) is 17.2 Å². The molecule has 2 aromatic carbocycles. The van der Waals surface area contributed by atoms with E-state index in [1.54, 1.807) is 48.5 Å². The molecule has 0 saturated heterocycles. The second-order valence-corrected chi connectivity index (χ2v) is 7.45. The third-order valence-electron chi connectivity index (χ3n) is 5.14. The smallest absolute Gasteiger partial charge is 0.260 e. The molecule has 5 aromatic rings. The van der Waals surface area contributed by atoms with Gasteiger partial charge in [-0.05, 0) is 35.0 Å². The van der Waals surface area contributed by atoms with Gasteiger partial charge in [-0.1, -0.05) is 24.3 Å². The summed E-state index contributed by atoms with van der Waals surface area (Å²) >= 11 is 0. The van der Waals surface area contributed by atoms with E-state index < -0.39 is 17.6 Å². The maximum atomic E-state index is 13.1. The Balaban J connectivity index is 1.57. The summed E-state index contributed by atoms with van der Waals surface area (Å²) in [5, 5.41) is 27.2. The number of rotatable bonds is 6. The van der Waals surface area contributed by atoms with Crippen LogP contribution in [-0.4, -0.2) is 41.7 Å². The molecule has 0 radical (unpaired) electrons. The average molecular weight is 479 g/mol. The van der Waals surface area contributed by atoms with E-state index in [9.17, 15) is 14.7 Å². The number of primary amides is 1. The standard InChI is InChI=1S/C24H17N9O3/c25-21(35)17-13-33(24-27-8-3-9-28-24)32-22(17)31-30-18-12-14-4-1-2-5-16(14)19(20(18)34)23(36)29-15-6-10-26-11-7-15/h1-13,34H,(H2,25,35)(H,26,29,36). The van der Waals surface area contributed by atoms with Gasteiger partial charge in [0.15, 0.2) is 5.75 Å². The van der Waals surface area contributed by atoms with E-state index in [1.807, 2.05) is 0 Å². The van der Waals surface area contributed by atoms with Gasteiger partial charge in [-0.2, -0.15) is 0 Å². The number of phenolic OH excluding ortho intramolecular Hbond substituents is 1. The van der Waals surface area contributed by atoms with Crippen LogP contribution in [0, 0.1) is 0 Å². The lowest BCUT2D eigenvalue weighted by Crippen LogP contribution is -2.12. The maximum absolute atomic E-state index is 13.1. The van der Waals surface area contributed by atoms with E-state index in [0.29, 0.717) is 16.5 Å². The van der Waals surface area contributed by atoms with Gasteiger partial charge in [-0.25, -0.2) is 14.6 Å². The number of fused-ring (bicyclic) bond motifs is 1. The maximum Gasteiger partial charge on any atom is 0.260 e. The summed E-state index contributed by atoms with van der Waals surface area (Å²) in [7, 11) is 0. The molecule has 0 spiro atoms. The summed E-state index contributed by atoms with van der Waals surface area (Å²) in [5.41, 5.74) is 5.96. The summed E-state index contributed by atoms with van der Waals surface area (Å²) in [4.78, 5) is 37.1. The Hall–Kier alpha value is -5.52. The minimum absolute atomic E-state index is 0.00508. The van der Waals surface area contributed by atoms with E-state index in [2.05, 4.69) is 35.6 Å². The molecule has 12 nitrogen and oxygen atoms in total. The number of nitrogens with one attached hydrogen (secondary N) is 1. The number of nitrogens with two attached hydrogens (primary N) is 1.